The predicted octanol–water partition coefficient (Wildman–Crippen LogP) is 1.63. The predicted molar refractivity (Wildman–Crippen MR) is 99.8 cm³/mol. The van der Waals surface area contributed by atoms with Crippen LogP contribution in [-0.2, 0) is 9.53 Å². The maximum absolute atomic E-state index is 12.5. The average Bonchev–Trinajstić information content (AvgIpc) is 2.68. The van der Waals surface area contributed by atoms with Gasteiger partial charge in [0.1, 0.15) is 0 Å². The highest BCUT2D eigenvalue weighted by Gasteiger charge is 2.35. The number of ether oxygens (including phenoxy) is 1. The van der Waals surface area contributed by atoms with Crippen molar-refractivity contribution in [2.45, 2.75) is 50.4 Å². The Labute approximate surface area is 155 Å². The van der Waals surface area contributed by atoms with Crippen molar-refractivity contribution in [1.29, 1.82) is 0 Å². The van der Waals surface area contributed by atoms with Gasteiger partial charge in [0.05, 0.1) is 12.2 Å². The summed E-state index contributed by atoms with van der Waals surface area (Å²) in [5.74, 6) is 0.163. The summed E-state index contributed by atoms with van der Waals surface area (Å²) >= 11 is 0. The van der Waals surface area contributed by atoms with Crippen LogP contribution in [-0.4, -0.2) is 65.6 Å². The number of carbonyl (C=O) groups is 1. The average molecular weight is 362 g/mol. The van der Waals surface area contributed by atoms with E-state index in [1.165, 1.54) is 0 Å². The lowest BCUT2D eigenvalue weighted by atomic mass is 9.96. The van der Waals surface area contributed by atoms with Crippen LogP contribution in [0.4, 0.5) is 5.69 Å². The number of anilines is 1. The van der Waals surface area contributed by atoms with Crippen LogP contribution in [0, 0.1) is 5.92 Å². The Morgan fingerprint density at radius 1 is 1.15 bits per heavy atom. The second-order valence-electron chi connectivity index (χ2n) is 7.43. The molecule has 1 aromatic carbocycles. The van der Waals surface area contributed by atoms with E-state index >= 15 is 0 Å². The van der Waals surface area contributed by atoms with E-state index in [0.29, 0.717) is 18.0 Å². The molecule has 0 bridgehead atoms. The molecule has 6 nitrogen and oxygen atoms in total. The van der Waals surface area contributed by atoms with Crippen molar-refractivity contribution >= 4 is 11.6 Å². The number of aliphatic hydroxyl groups is 2. The standard InChI is InChI=1S/C20H30N2O4/c23-14-15-8-11-22(12-9-15)13-10-17-6-7-18(24)19(26-17)20(25)21-16-4-2-1-3-5-16/h1-5,15,17-19,23-24H,6-14H2,(H,21,25). The van der Waals surface area contributed by atoms with Crippen molar-refractivity contribution in [3.8, 4) is 0 Å². The number of likely N-dealkylation sites (tertiary alicyclic amines) is 1. The third-order valence-corrected chi connectivity index (χ3v) is 5.51. The molecule has 3 rings (SSSR count). The van der Waals surface area contributed by atoms with Crippen molar-refractivity contribution in [3.05, 3.63) is 30.3 Å². The van der Waals surface area contributed by atoms with Gasteiger partial charge in [0, 0.05) is 18.8 Å². The fourth-order valence-corrected chi connectivity index (χ4v) is 3.78. The third kappa shape index (κ3) is 5.27. The van der Waals surface area contributed by atoms with Crippen molar-refractivity contribution in [3.63, 3.8) is 0 Å². The lowest BCUT2D eigenvalue weighted by Crippen LogP contribution is -2.47. The Hall–Kier alpha value is -1.47. The molecule has 26 heavy (non-hydrogen) atoms. The molecule has 3 N–H and O–H groups in total. The maximum atomic E-state index is 12.5. The van der Waals surface area contributed by atoms with E-state index in [9.17, 15) is 15.0 Å². The molecular weight excluding hydrogens is 332 g/mol. The van der Waals surface area contributed by atoms with Gasteiger partial charge in [-0.3, -0.25) is 4.79 Å². The van der Waals surface area contributed by atoms with Gasteiger partial charge >= 0.3 is 0 Å². The molecule has 2 heterocycles. The molecule has 2 saturated heterocycles. The first-order valence-corrected chi connectivity index (χ1v) is 9.68. The van der Waals surface area contributed by atoms with Gasteiger partial charge in [-0.1, -0.05) is 18.2 Å². The number of carbonyl (C=O) groups excluding carboxylic acids is 1. The van der Waals surface area contributed by atoms with E-state index in [1.807, 2.05) is 30.3 Å². The summed E-state index contributed by atoms with van der Waals surface area (Å²) in [4.78, 5) is 14.9. The minimum Gasteiger partial charge on any atom is -0.396 e. The highest BCUT2D eigenvalue weighted by Crippen LogP contribution is 2.24. The zero-order chi connectivity index (χ0) is 18.4. The number of rotatable bonds is 6. The molecule has 6 heteroatoms. The van der Waals surface area contributed by atoms with Gasteiger partial charge in [-0.25, -0.2) is 0 Å². The van der Waals surface area contributed by atoms with E-state index in [0.717, 1.165) is 45.3 Å². The maximum Gasteiger partial charge on any atom is 0.256 e. The Morgan fingerprint density at radius 2 is 1.88 bits per heavy atom. The van der Waals surface area contributed by atoms with Crippen molar-refractivity contribution in [2.75, 3.05) is 31.6 Å². The Kier molecular flexibility index (Phi) is 7.02. The number of para-hydroxylation sites is 1. The van der Waals surface area contributed by atoms with E-state index in [4.69, 9.17) is 4.74 Å². The van der Waals surface area contributed by atoms with Crippen molar-refractivity contribution in [2.24, 2.45) is 5.92 Å². The fourth-order valence-electron chi connectivity index (χ4n) is 3.78. The molecular formula is C20H30N2O4. The van der Waals surface area contributed by atoms with E-state index in [2.05, 4.69) is 10.2 Å². The molecule has 1 aromatic rings. The van der Waals surface area contributed by atoms with Crippen LogP contribution in [0.15, 0.2) is 30.3 Å². The summed E-state index contributed by atoms with van der Waals surface area (Å²) in [6.07, 6.45) is 2.76. The van der Waals surface area contributed by atoms with Gasteiger partial charge in [-0.05, 0) is 63.2 Å². The molecule has 2 aliphatic rings. The molecule has 144 valence electrons. The van der Waals surface area contributed by atoms with Crippen LogP contribution in [0.2, 0.25) is 0 Å². The lowest BCUT2D eigenvalue weighted by molar-refractivity contribution is -0.153. The summed E-state index contributed by atoms with van der Waals surface area (Å²) < 4.78 is 5.94. The molecule has 1 amide bonds. The van der Waals surface area contributed by atoms with Crippen LogP contribution in [0.5, 0.6) is 0 Å². The molecule has 2 fully saturated rings. The normalized spacial score (nSPS) is 28.0. The van der Waals surface area contributed by atoms with Gasteiger partial charge in [-0.15, -0.1) is 0 Å². The minimum atomic E-state index is -0.811. The van der Waals surface area contributed by atoms with E-state index in [-0.39, 0.29) is 18.6 Å². The summed E-state index contributed by atoms with van der Waals surface area (Å²) in [7, 11) is 0. The van der Waals surface area contributed by atoms with Gasteiger partial charge in [0.2, 0.25) is 0 Å². The molecule has 0 aromatic heterocycles. The van der Waals surface area contributed by atoms with Gasteiger partial charge < -0.3 is 25.2 Å². The molecule has 0 aliphatic carbocycles. The number of hydrogen-bond acceptors (Lipinski definition) is 5. The second kappa shape index (κ2) is 9.46. The molecule has 3 atom stereocenters. The van der Waals surface area contributed by atoms with E-state index in [1.54, 1.807) is 0 Å². The Bertz CT molecular complexity index is 560. The smallest absolute Gasteiger partial charge is 0.256 e. The highest BCUT2D eigenvalue weighted by atomic mass is 16.5. The van der Waals surface area contributed by atoms with Crippen LogP contribution in [0.1, 0.15) is 32.1 Å². The molecule has 0 spiro atoms. The molecule has 0 radical (unpaired) electrons. The van der Waals surface area contributed by atoms with Crippen molar-refractivity contribution < 1.29 is 19.7 Å². The number of hydrogen-bond donors (Lipinski definition) is 3. The fraction of sp³-hybridized carbons (Fsp3) is 0.650. The Balaban J connectivity index is 1.46. The van der Waals surface area contributed by atoms with E-state index < -0.39 is 12.2 Å². The molecule has 3 unspecified atom stereocenters. The van der Waals surface area contributed by atoms with Gasteiger partial charge in [0.25, 0.3) is 5.91 Å². The zero-order valence-corrected chi connectivity index (χ0v) is 15.2. The van der Waals surface area contributed by atoms with Crippen molar-refractivity contribution in [1.82, 2.24) is 4.90 Å². The topological polar surface area (TPSA) is 82.0 Å². The lowest BCUT2D eigenvalue weighted by Gasteiger charge is -2.35. The SMILES string of the molecule is O=C(Nc1ccccc1)C1OC(CCN2CCC(CO)CC2)CCC1O. The first-order chi connectivity index (χ1) is 12.7. The number of piperidine rings is 1. The summed E-state index contributed by atoms with van der Waals surface area (Å²) in [6.45, 7) is 3.25. The van der Waals surface area contributed by atoms with Crippen LogP contribution >= 0.6 is 0 Å². The summed E-state index contributed by atoms with van der Waals surface area (Å²) in [5, 5.41) is 22.2. The quantitative estimate of drug-likeness (QED) is 0.717. The highest BCUT2D eigenvalue weighted by molar-refractivity contribution is 5.94. The summed E-state index contributed by atoms with van der Waals surface area (Å²) in [6, 6.07) is 9.25. The number of nitrogens with one attached hydrogen (secondary N) is 1. The number of benzene rings is 1. The van der Waals surface area contributed by atoms with Crippen LogP contribution < -0.4 is 5.32 Å². The van der Waals surface area contributed by atoms with Gasteiger partial charge in [-0.2, -0.15) is 0 Å². The molecule has 0 saturated carbocycles. The summed E-state index contributed by atoms with van der Waals surface area (Å²) in [5.41, 5.74) is 0.710. The first kappa shape index (κ1) is 19.3. The van der Waals surface area contributed by atoms with Crippen LogP contribution in [0.3, 0.4) is 0 Å². The Morgan fingerprint density at radius 3 is 2.58 bits per heavy atom. The molecule has 2 aliphatic heterocycles. The minimum absolute atomic E-state index is 0.000452. The third-order valence-electron chi connectivity index (χ3n) is 5.51. The second-order valence-corrected chi connectivity index (χ2v) is 7.43. The monoisotopic (exact) mass is 362 g/mol. The number of aliphatic hydroxyl groups excluding tert-OH is 2. The number of amides is 1. The van der Waals surface area contributed by atoms with Crippen LogP contribution in [0.25, 0.3) is 0 Å². The first-order valence-electron chi connectivity index (χ1n) is 9.68. The number of nitrogens with zero attached hydrogens (tertiary/aromatic N) is 1. The largest absolute Gasteiger partial charge is 0.396 e. The van der Waals surface area contributed by atoms with Gasteiger partial charge in [0.15, 0.2) is 6.10 Å². The zero-order valence-electron chi connectivity index (χ0n) is 15.2.